The zero-order valence-corrected chi connectivity index (χ0v) is 31.7. The molecule has 0 aliphatic rings. The molecule has 1 N–H and O–H groups in total. The molecule has 6 rings (SSSR count). The first-order valence-corrected chi connectivity index (χ1v) is 17.9. The summed E-state index contributed by atoms with van der Waals surface area (Å²) in [5, 5.41) is 2.41. The molecule has 0 spiro atoms. The van der Waals surface area contributed by atoms with Gasteiger partial charge in [-0.2, -0.15) is 0 Å². The van der Waals surface area contributed by atoms with Crippen molar-refractivity contribution in [1.82, 2.24) is 19.0 Å². The van der Waals surface area contributed by atoms with Gasteiger partial charge in [-0.25, -0.2) is 37.1 Å². The van der Waals surface area contributed by atoms with E-state index >= 15 is 13.2 Å². The number of ether oxygens (including phenoxy) is 3. The number of methoxy groups -OCH3 is 1. The van der Waals surface area contributed by atoms with E-state index in [0.717, 1.165) is 33.6 Å². The Hall–Kier alpha value is -6.42. The number of anilines is 1. The van der Waals surface area contributed by atoms with Crippen molar-refractivity contribution in [2.75, 3.05) is 19.5 Å². The Balaban J connectivity index is 1.56. The summed E-state index contributed by atoms with van der Waals surface area (Å²) in [4.78, 5) is 60.7. The maximum absolute atomic E-state index is 15.9. The number of benzene rings is 3. The summed E-state index contributed by atoms with van der Waals surface area (Å²) in [5.74, 6) is -3.07. The molecule has 290 valence electrons. The highest BCUT2D eigenvalue weighted by Crippen LogP contribution is 2.38. The summed E-state index contributed by atoms with van der Waals surface area (Å²) < 4.78 is 63.7. The summed E-state index contributed by atoms with van der Waals surface area (Å²) in [6.07, 6.45) is -0.103. The lowest BCUT2D eigenvalue weighted by molar-refractivity contribution is 0.0635. The highest BCUT2D eigenvalue weighted by molar-refractivity contribution is 7.22. The SMILES string of the molecule is COc1cccc(-n2c(=O)c3c(CN(C)C(=O)OCc4ccccc4)c(-c4ccc(NC(=O)OC(C)(C)C)nc4)sc3n(Cc3c(F)cccc3F)c2=O)c1F. The van der Waals surface area contributed by atoms with Crippen molar-refractivity contribution in [3.63, 3.8) is 0 Å². The molecule has 3 heterocycles. The summed E-state index contributed by atoms with van der Waals surface area (Å²) in [5.41, 5.74) is -2.48. The molecule has 0 bridgehead atoms. The van der Waals surface area contributed by atoms with Crippen LogP contribution in [0.15, 0.2) is 94.6 Å². The standard InChI is InChI=1S/C40H36F3N5O7S/c1-40(2,3)55-37(50)45-31-18-17-24(19-44-31)34-26(20-46(4)39(52)54-22-23-11-7-6-8-12-23)32-35(49)48(29-15-10-16-30(53-5)33(29)43)38(51)47(36(32)56-34)21-25-27(41)13-9-14-28(25)42/h6-19H,20-22H2,1-5H3,(H,44,45,50). The van der Waals surface area contributed by atoms with E-state index in [1.165, 1.54) is 55.6 Å². The number of aromatic nitrogens is 3. The molecule has 0 fully saturated rings. The van der Waals surface area contributed by atoms with Crippen molar-refractivity contribution < 1.29 is 37.0 Å². The molecule has 0 aliphatic carbocycles. The van der Waals surface area contributed by atoms with Gasteiger partial charge in [-0.15, -0.1) is 11.3 Å². The number of carbonyl (C=O) groups is 2. The van der Waals surface area contributed by atoms with E-state index in [9.17, 15) is 19.2 Å². The van der Waals surface area contributed by atoms with E-state index < -0.39 is 64.3 Å². The number of pyridine rings is 1. The topological polar surface area (TPSA) is 134 Å². The average molecular weight is 788 g/mol. The first kappa shape index (κ1) is 39.3. The van der Waals surface area contributed by atoms with E-state index in [2.05, 4.69) is 10.3 Å². The molecular weight excluding hydrogens is 752 g/mol. The molecule has 3 aromatic carbocycles. The molecule has 3 aromatic heterocycles. The zero-order chi connectivity index (χ0) is 40.3. The van der Waals surface area contributed by atoms with Crippen molar-refractivity contribution in [2.24, 2.45) is 0 Å². The molecule has 6 aromatic rings. The normalized spacial score (nSPS) is 11.4. The summed E-state index contributed by atoms with van der Waals surface area (Å²) in [6, 6.07) is 19.1. The highest BCUT2D eigenvalue weighted by atomic mass is 32.1. The third-order valence-corrected chi connectivity index (χ3v) is 9.73. The van der Waals surface area contributed by atoms with E-state index in [0.29, 0.717) is 15.0 Å². The first-order valence-electron chi connectivity index (χ1n) is 17.1. The van der Waals surface area contributed by atoms with E-state index in [1.54, 1.807) is 51.1 Å². The van der Waals surface area contributed by atoms with E-state index in [4.69, 9.17) is 14.2 Å². The van der Waals surface area contributed by atoms with Gasteiger partial charge < -0.3 is 19.1 Å². The van der Waals surface area contributed by atoms with Gasteiger partial charge in [0.25, 0.3) is 5.56 Å². The molecule has 16 heteroatoms. The minimum absolute atomic E-state index is 0.0192. The number of halogens is 3. The van der Waals surface area contributed by atoms with Gasteiger partial charge in [0, 0.05) is 34.8 Å². The number of thiophene rings is 1. The zero-order valence-electron chi connectivity index (χ0n) is 30.9. The van der Waals surface area contributed by atoms with Crippen molar-refractivity contribution in [3.8, 4) is 21.9 Å². The minimum Gasteiger partial charge on any atom is -0.494 e. The van der Waals surface area contributed by atoms with Crippen LogP contribution in [0.3, 0.4) is 0 Å². The average Bonchev–Trinajstić information content (AvgIpc) is 3.52. The lowest BCUT2D eigenvalue weighted by atomic mass is 10.1. The lowest BCUT2D eigenvalue weighted by Gasteiger charge is -2.19. The minimum atomic E-state index is -1.10. The maximum Gasteiger partial charge on any atom is 0.413 e. The van der Waals surface area contributed by atoms with Crippen LogP contribution in [0.5, 0.6) is 5.75 Å². The van der Waals surface area contributed by atoms with Crippen molar-refractivity contribution >= 4 is 39.6 Å². The van der Waals surface area contributed by atoms with Crippen LogP contribution in [0, 0.1) is 17.5 Å². The van der Waals surface area contributed by atoms with E-state index in [1.807, 2.05) is 6.07 Å². The second kappa shape index (κ2) is 16.1. The number of nitrogens with one attached hydrogen (secondary N) is 1. The first-order chi connectivity index (χ1) is 26.7. The van der Waals surface area contributed by atoms with Crippen LogP contribution < -0.4 is 21.3 Å². The highest BCUT2D eigenvalue weighted by Gasteiger charge is 2.28. The molecule has 0 saturated heterocycles. The van der Waals surface area contributed by atoms with Gasteiger partial charge in [0.05, 0.1) is 31.3 Å². The van der Waals surface area contributed by atoms with Crippen molar-refractivity contribution in [2.45, 2.75) is 46.1 Å². The fourth-order valence-corrected chi connectivity index (χ4v) is 7.10. The smallest absolute Gasteiger partial charge is 0.413 e. The van der Waals surface area contributed by atoms with Gasteiger partial charge in [-0.05, 0) is 62.7 Å². The third kappa shape index (κ3) is 8.29. The molecule has 0 aliphatic heterocycles. The van der Waals surface area contributed by atoms with Crippen LogP contribution in [0.1, 0.15) is 37.5 Å². The summed E-state index contributed by atoms with van der Waals surface area (Å²) in [6.45, 7) is 4.10. The third-order valence-electron chi connectivity index (χ3n) is 8.42. The number of fused-ring (bicyclic) bond motifs is 1. The number of carbonyl (C=O) groups excluding carboxylic acids is 2. The van der Waals surface area contributed by atoms with Gasteiger partial charge in [0.2, 0.25) is 0 Å². The van der Waals surface area contributed by atoms with Crippen molar-refractivity contribution in [1.29, 1.82) is 0 Å². The predicted octanol–water partition coefficient (Wildman–Crippen LogP) is 7.87. The Morgan fingerprint density at radius 3 is 2.25 bits per heavy atom. The van der Waals surface area contributed by atoms with Crippen LogP contribution in [0.4, 0.5) is 28.6 Å². The molecule has 12 nitrogen and oxygen atoms in total. The monoisotopic (exact) mass is 787 g/mol. The second-order valence-electron chi connectivity index (χ2n) is 13.5. The summed E-state index contributed by atoms with van der Waals surface area (Å²) in [7, 11) is 2.66. The quantitative estimate of drug-likeness (QED) is 0.148. The number of hydrogen-bond donors (Lipinski definition) is 1. The molecule has 2 amide bonds. The van der Waals surface area contributed by atoms with Gasteiger partial charge in [-0.1, -0.05) is 42.5 Å². The van der Waals surface area contributed by atoms with E-state index in [-0.39, 0.29) is 40.5 Å². The fourth-order valence-electron chi connectivity index (χ4n) is 5.82. The molecule has 0 atom stereocenters. The van der Waals surface area contributed by atoms with Crippen LogP contribution in [0.25, 0.3) is 26.3 Å². The number of amides is 2. The molecule has 0 radical (unpaired) electrons. The maximum atomic E-state index is 15.9. The van der Waals surface area contributed by atoms with Crippen LogP contribution in [-0.4, -0.2) is 51.0 Å². The molecule has 0 unspecified atom stereocenters. The Morgan fingerprint density at radius 2 is 1.61 bits per heavy atom. The fraction of sp³-hybridized carbons (Fsp3) is 0.225. The number of nitrogens with zero attached hydrogens (tertiary/aromatic N) is 4. The molecule has 56 heavy (non-hydrogen) atoms. The lowest BCUT2D eigenvalue weighted by Crippen LogP contribution is -2.40. The van der Waals surface area contributed by atoms with Crippen LogP contribution >= 0.6 is 11.3 Å². The van der Waals surface area contributed by atoms with Gasteiger partial charge in [-0.3, -0.25) is 14.7 Å². The Morgan fingerprint density at radius 1 is 0.911 bits per heavy atom. The largest absolute Gasteiger partial charge is 0.494 e. The summed E-state index contributed by atoms with van der Waals surface area (Å²) >= 11 is 0.926. The number of rotatable bonds is 10. The predicted molar refractivity (Wildman–Crippen MR) is 205 cm³/mol. The Labute approximate surface area is 322 Å². The van der Waals surface area contributed by atoms with Crippen LogP contribution in [0.2, 0.25) is 0 Å². The number of hydrogen-bond acceptors (Lipinski definition) is 9. The second-order valence-corrected chi connectivity index (χ2v) is 14.5. The van der Waals surface area contributed by atoms with Crippen LogP contribution in [-0.2, 0) is 29.2 Å². The van der Waals surface area contributed by atoms with Gasteiger partial charge in [0.15, 0.2) is 11.6 Å². The van der Waals surface area contributed by atoms with Crippen molar-refractivity contribution in [3.05, 3.63) is 140 Å². The Kier molecular flexibility index (Phi) is 11.3. The van der Waals surface area contributed by atoms with Gasteiger partial charge >= 0.3 is 17.9 Å². The Bertz CT molecular complexity index is 2530. The van der Waals surface area contributed by atoms with Gasteiger partial charge in [0.1, 0.15) is 34.5 Å². The molecular formula is C40H36F3N5O7S. The molecule has 0 saturated carbocycles.